The van der Waals surface area contributed by atoms with Crippen molar-refractivity contribution in [1.29, 1.82) is 5.26 Å². The minimum Gasteiger partial charge on any atom is -0.379 e. The molecule has 0 aromatic heterocycles. The van der Waals surface area contributed by atoms with Gasteiger partial charge in [0.25, 0.3) is 0 Å². The Morgan fingerprint density at radius 1 is 1.32 bits per heavy atom. The van der Waals surface area contributed by atoms with Crippen molar-refractivity contribution in [2.45, 2.75) is 31.2 Å². The number of fused-ring (bicyclic) bond motifs is 1. The molecule has 1 aromatic rings. The van der Waals surface area contributed by atoms with Crippen LogP contribution in [-0.4, -0.2) is 31.2 Å². The lowest BCUT2D eigenvalue weighted by Crippen LogP contribution is -2.52. The maximum Gasteiger partial charge on any atom is 0.135 e. The maximum absolute atomic E-state index is 9.89. The first-order valence-corrected chi connectivity index (χ1v) is 7.11. The lowest BCUT2D eigenvalue weighted by Gasteiger charge is -2.45. The molecule has 3 nitrogen and oxygen atoms in total. The molecule has 0 saturated carbocycles. The monoisotopic (exact) mass is 256 g/mol. The van der Waals surface area contributed by atoms with E-state index in [2.05, 4.69) is 42.2 Å². The van der Waals surface area contributed by atoms with Gasteiger partial charge in [-0.3, -0.25) is 4.90 Å². The van der Waals surface area contributed by atoms with Crippen LogP contribution in [0.15, 0.2) is 24.3 Å². The number of hydrogen-bond donors (Lipinski definition) is 0. The average molecular weight is 256 g/mol. The normalized spacial score (nSPS) is 31.5. The van der Waals surface area contributed by atoms with Crippen molar-refractivity contribution in [3.05, 3.63) is 35.4 Å². The van der Waals surface area contributed by atoms with Crippen molar-refractivity contribution in [3.8, 4) is 6.07 Å². The van der Waals surface area contributed by atoms with Gasteiger partial charge >= 0.3 is 0 Å². The molecule has 0 N–H and O–H groups in total. The van der Waals surface area contributed by atoms with Crippen LogP contribution in [0.2, 0.25) is 0 Å². The molecule has 19 heavy (non-hydrogen) atoms. The van der Waals surface area contributed by atoms with Gasteiger partial charge in [0.05, 0.1) is 19.3 Å². The van der Waals surface area contributed by atoms with Gasteiger partial charge in [-0.2, -0.15) is 5.26 Å². The lowest BCUT2D eigenvalue weighted by atomic mass is 9.72. The van der Waals surface area contributed by atoms with Crippen molar-refractivity contribution < 1.29 is 4.74 Å². The van der Waals surface area contributed by atoms with Crippen molar-refractivity contribution >= 4 is 0 Å². The molecule has 1 aliphatic heterocycles. The van der Waals surface area contributed by atoms with E-state index in [-0.39, 0.29) is 0 Å². The zero-order chi connectivity index (χ0) is 13.3. The number of morpholine rings is 1. The summed E-state index contributed by atoms with van der Waals surface area (Å²) in [6.07, 6.45) is 2.02. The second-order valence-corrected chi connectivity index (χ2v) is 5.60. The van der Waals surface area contributed by atoms with Crippen molar-refractivity contribution in [3.63, 3.8) is 0 Å². The number of nitrogens with zero attached hydrogens (tertiary/aromatic N) is 2. The van der Waals surface area contributed by atoms with Gasteiger partial charge in [-0.15, -0.1) is 0 Å². The summed E-state index contributed by atoms with van der Waals surface area (Å²) in [5, 5.41) is 9.89. The Hall–Kier alpha value is -1.37. The van der Waals surface area contributed by atoms with Gasteiger partial charge in [0.2, 0.25) is 0 Å². The molecule has 1 heterocycles. The predicted octanol–water partition coefficient (Wildman–Crippen LogP) is 2.63. The number of benzene rings is 1. The fourth-order valence-electron chi connectivity index (χ4n) is 3.48. The van der Waals surface area contributed by atoms with Gasteiger partial charge in [-0.1, -0.05) is 31.2 Å². The fourth-order valence-corrected chi connectivity index (χ4v) is 3.48. The standard InChI is InChI=1S/C16H20N2O/c1-13-6-7-16(12-17,18-8-10-19-11-9-18)15-5-3-2-4-14(13)15/h2-5,13H,6-11H2,1H3. The van der Waals surface area contributed by atoms with E-state index < -0.39 is 5.54 Å². The Labute approximate surface area is 114 Å². The molecule has 0 bridgehead atoms. The third kappa shape index (κ3) is 1.96. The fraction of sp³-hybridized carbons (Fsp3) is 0.562. The molecule has 1 fully saturated rings. The van der Waals surface area contributed by atoms with E-state index in [1.54, 1.807) is 0 Å². The van der Waals surface area contributed by atoms with Gasteiger partial charge in [-0.05, 0) is 29.9 Å². The molecule has 1 aliphatic carbocycles. The molecule has 3 heteroatoms. The number of rotatable bonds is 1. The zero-order valence-electron chi connectivity index (χ0n) is 11.4. The Morgan fingerprint density at radius 2 is 2.05 bits per heavy atom. The summed E-state index contributed by atoms with van der Waals surface area (Å²) in [5.74, 6) is 0.554. The molecule has 0 amide bonds. The summed E-state index contributed by atoms with van der Waals surface area (Å²) in [6.45, 7) is 5.45. The molecule has 1 saturated heterocycles. The van der Waals surface area contributed by atoms with E-state index in [0.29, 0.717) is 5.92 Å². The van der Waals surface area contributed by atoms with Crippen LogP contribution < -0.4 is 0 Å². The van der Waals surface area contributed by atoms with E-state index in [4.69, 9.17) is 4.74 Å². The van der Waals surface area contributed by atoms with E-state index in [0.717, 1.165) is 39.1 Å². The first kappa shape index (κ1) is 12.7. The summed E-state index contributed by atoms with van der Waals surface area (Å²) in [7, 11) is 0. The van der Waals surface area contributed by atoms with Crippen LogP contribution in [-0.2, 0) is 10.3 Å². The lowest BCUT2D eigenvalue weighted by molar-refractivity contribution is -0.0114. The molecule has 2 atom stereocenters. The summed E-state index contributed by atoms with van der Waals surface area (Å²) < 4.78 is 5.44. The molecular weight excluding hydrogens is 236 g/mol. The third-order valence-corrected chi connectivity index (χ3v) is 4.61. The predicted molar refractivity (Wildman–Crippen MR) is 73.8 cm³/mol. The molecule has 1 aromatic carbocycles. The second-order valence-electron chi connectivity index (χ2n) is 5.60. The van der Waals surface area contributed by atoms with Crippen molar-refractivity contribution in [2.75, 3.05) is 26.3 Å². The van der Waals surface area contributed by atoms with Gasteiger partial charge in [-0.25, -0.2) is 0 Å². The van der Waals surface area contributed by atoms with E-state index in [1.165, 1.54) is 11.1 Å². The zero-order valence-corrected chi connectivity index (χ0v) is 11.4. The summed E-state index contributed by atoms with van der Waals surface area (Å²) >= 11 is 0. The maximum atomic E-state index is 9.89. The molecule has 3 rings (SSSR count). The number of nitriles is 1. The third-order valence-electron chi connectivity index (χ3n) is 4.61. The first-order chi connectivity index (χ1) is 9.28. The summed E-state index contributed by atoms with van der Waals surface area (Å²) in [4.78, 5) is 2.32. The van der Waals surface area contributed by atoms with Crippen LogP contribution in [0.1, 0.15) is 36.8 Å². The Morgan fingerprint density at radius 3 is 2.79 bits per heavy atom. The number of hydrogen-bond acceptors (Lipinski definition) is 3. The van der Waals surface area contributed by atoms with E-state index in [9.17, 15) is 5.26 Å². The highest BCUT2D eigenvalue weighted by atomic mass is 16.5. The quantitative estimate of drug-likeness (QED) is 0.775. The van der Waals surface area contributed by atoms with Crippen LogP contribution >= 0.6 is 0 Å². The molecule has 0 spiro atoms. The van der Waals surface area contributed by atoms with Gasteiger partial charge in [0, 0.05) is 13.1 Å². The highest BCUT2D eigenvalue weighted by Crippen LogP contribution is 2.44. The Kier molecular flexibility index (Phi) is 3.30. The smallest absolute Gasteiger partial charge is 0.135 e. The van der Waals surface area contributed by atoms with E-state index in [1.807, 2.05) is 0 Å². The molecule has 2 aliphatic rings. The van der Waals surface area contributed by atoms with Crippen LogP contribution in [0.25, 0.3) is 0 Å². The van der Waals surface area contributed by atoms with Gasteiger partial charge < -0.3 is 4.74 Å². The average Bonchev–Trinajstić information content (AvgIpc) is 2.49. The van der Waals surface area contributed by atoms with E-state index >= 15 is 0 Å². The highest BCUT2D eigenvalue weighted by molar-refractivity contribution is 5.43. The topological polar surface area (TPSA) is 36.3 Å². The molecule has 2 unspecified atom stereocenters. The molecular formula is C16H20N2O. The minimum absolute atomic E-state index is 0.438. The SMILES string of the molecule is CC1CCC(C#N)(N2CCOCC2)c2ccccc21. The van der Waals surface area contributed by atoms with Crippen molar-refractivity contribution in [2.24, 2.45) is 0 Å². The number of ether oxygens (including phenoxy) is 1. The molecule has 0 radical (unpaired) electrons. The highest BCUT2D eigenvalue weighted by Gasteiger charge is 2.44. The summed E-state index contributed by atoms with van der Waals surface area (Å²) in [6, 6.07) is 11.1. The first-order valence-electron chi connectivity index (χ1n) is 7.11. The molecule has 100 valence electrons. The second kappa shape index (κ2) is 4.96. The van der Waals surface area contributed by atoms with Crippen LogP contribution in [0.5, 0.6) is 0 Å². The van der Waals surface area contributed by atoms with Crippen LogP contribution in [0, 0.1) is 11.3 Å². The van der Waals surface area contributed by atoms with Gasteiger partial charge in [0.1, 0.15) is 5.54 Å². The largest absolute Gasteiger partial charge is 0.379 e. The van der Waals surface area contributed by atoms with Crippen LogP contribution in [0.3, 0.4) is 0 Å². The Balaban J connectivity index is 2.07. The van der Waals surface area contributed by atoms with Crippen LogP contribution in [0.4, 0.5) is 0 Å². The van der Waals surface area contributed by atoms with Gasteiger partial charge in [0.15, 0.2) is 0 Å². The minimum atomic E-state index is -0.438. The van der Waals surface area contributed by atoms with Crippen molar-refractivity contribution in [1.82, 2.24) is 4.90 Å². The summed E-state index contributed by atoms with van der Waals surface area (Å²) in [5.41, 5.74) is 2.13. The Bertz CT molecular complexity index is 502.